The Morgan fingerprint density at radius 2 is 1.76 bits per heavy atom. The number of nitrogens with one attached hydrogen (secondary N) is 1. The fourth-order valence-electron chi connectivity index (χ4n) is 3.80. The van der Waals surface area contributed by atoms with Gasteiger partial charge in [0.2, 0.25) is 10.0 Å². The van der Waals surface area contributed by atoms with Crippen LogP contribution in [-0.2, 0) is 16.2 Å². The first kappa shape index (κ1) is 21.4. The third-order valence-electron chi connectivity index (χ3n) is 5.57. The van der Waals surface area contributed by atoms with Gasteiger partial charge in [-0.3, -0.25) is 5.10 Å². The van der Waals surface area contributed by atoms with Gasteiger partial charge in [-0.2, -0.15) is 23.4 Å². The monoisotopic (exact) mass is 473 g/mol. The summed E-state index contributed by atoms with van der Waals surface area (Å²) in [5, 5.41) is 15.8. The number of nitrogens with zero attached hydrogens (tertiary/aromatic N) is 3. The highest BCUT2D eigenvalue weighted by atomic mass is 32.2. The molecule has 170 valence electrons. The first-order chi connectivity index (χ1) is 15.6. The molecule has 2 aromatic carbocycles. The van der Waals surface area contributed by atoms with E-state index in [9.17, 15) is 21.6 Å². The fraction of sp³-hybridized carbons (Fsp3) is 0.182. The van der Waals surface area contributed by atoms with Crippen LogP contribution in [0.25, 0.3) is 28.2 Å². The Morgan fingerprint density at radius 1 is 1.03 bits per heavy atom. The lowest BCUT2D eigenvalue weighted by Crippen LogP contribution is -2.12. The van der Waals surface area contributed by atoms with Gasteiger partial charge in [-0.05, 0) is 66.8 Å². The third kappa shape index (κ3) is 4.16. The van der Waals surface area contributed by atoms with E-state index in [1.54, 1.807) is 12.3 Å². The lowest BCUT2D eigenvalue weighted by atomic mass is 9.96. The van der Waals surface area contributed by atoms with Crippen molar-refractivity contribution in [1.82, 2.24) is 20.0 Å². The Labute approximate surface area is 187 Å². The molecule has 0 aliphatic heterocycles. The first-order valence-corrected chi connectivity index (χ1v) is 11.6. The van der Waals surface area contributed by atoms with Gasteiger partial charge < -0.3 is 0 Å². The van der Waals surface area contributed by atoms with Crippen LogP contribution in [0.4, 0.5) is 13.2 Å². The predicted octanol–water partition coefficient (Wildman–Crippen LogP) is 4.47. The maximum absolute atomic E-state index is 13.6. The smallest absolute Gasteiger partial charge is 0.278 e. The van der Waals surface area contributed by atoms with Crippen LogP contribution in [0.1, 0.15) is 30.0 Å². The van der Waals surface area contributed by atoms with E-state index in [0.29, 0.717) is 5.56 Å². The lowest BCUT2D eigenvalue weighted by molar-refractivity contribution is -0.141. The maximum atomic E-state index is 13.6. The van der Waals surface area contributed by atoms with Crippen LogP contribution < -0.4 is 5.14 Å². The minimum absolute atomic E-state index is 0.143. The Hall–Kier alpha value is -3.44. The molecule has 0 radical (unpaired) electrons. The van der Waals surface area contributed by atoms with Gasteiger partial charge in [-0.25, -0.2) is 18.2 Å². The molecule has 0 bridgehead atoms. The first-order valence-electron chi connectivity index (χ1n) is 10.1. The fourth-order valence-corrected chi connectivity index (χ4v) is 4.31. The molecule has 1 fully saturated rings. The summed E-state index contributed by atoms with van der Waals surface area (Å²) in [6.07, 6.45) is -1.14. The summed E-state index contributed by atoms with van der Waals surface area (Å²) in [5.41, 5.74) is 2.57. The van der Waals surface area contributed by atoms with Crippen LogP contribution in [0.2, 0.25) is 0 Å². The summed E-state index contributed by atoms with van der Waals surface area (Å²) in [4.78, 5) is -0.143. The highest BCUT2D eigenvalue weighted by molar-refractivity contribution is 7.89. The number of hydrogen-bond donors (Lipinski definition) is 2. The summed E-state index contributed by atoms with van der Waals surface area (Å²) >= 11 is 0. The molecule has 33 heavy (non-hydrogen) atoms. The molecule has 0 saturated heterocycles. The van der Waals surface area contributed by atoms with E-state index in [1.807, 2.05) is 18.2 Å². The summed E-state index contributed by atoms with van der Waals surface area (Å²) in [5.74, 6) is 0.262. The average molecular weight is 473 g/mol. The van der Waals surface area contributed by atoms with E-state index in [2.05, 4.69) is 15.3 Å². The molecule has 0 atom stereocenters. The number of H-pyrrole nitrogens is 1. The zero-order valence-electron chi connectivity index (χ0n) is 17.0. The molecule has 7 nitrogen and oxygen atoms in total. The number of aromatic amines is 1. The highest BCUT2D eigenvalue weighted by Crippen LogP contribution is 2.46. The zero-order valence-corrected chi connectivity index (χ0v) is 17.9. The number of nitrogens with two attached hydrogens (primary N) is 1. The lowest BCUT2D eigenvalue weighted by Gasteiger charge is -2.14. The molecule has 0 unspecified atom stereocenters. The highest BCUT2D eigenvalue weighted by Gasteiger charge is 2.36. The second-order valence-corrected chi connectivity index (χ2v) is 9.47. The zero-order chi connectivity index (χ0) is 23.4. The Balaban J connectivity index is 1.71. The molecule has 1 aliphatic carbocycles. The van der Waals surface area contributed by atoms with Crippen molar-refractivity contribution in [3.63, 3.8) is 0 Å². The van der Waals surface area contributed by atoms with Gasteiger partial charge in [0.1, 0.15) is 0 Å². The second-order valence-electron chi connectivity index (χ2n) is 7.91. The quantitative estimate of drug-likeness (QED) is 0.446. The van der Waals surface area contributed by atoms with Gasteiger partial charge >= 0.3 is 6.18 Å². The maximum Gasteiger partial charge on any atom is 0.435 e. The molecule has 0 spiro atoms. The van der Waals surface area contributed by atoms with Crippen molar-refractivity contribution < 1.29 is 21.6 Å². The van der Waals surface area contributed by atoms with Crippen LogP contribution in [0.5, 0.6) is 0 Å². The largest absolute Gasteiger partial charge is 0.435 e. The average Bonchev–Trinajstić information content (AvgIpc) is 3.26. The number of primary sulfonamides is 1. The molecule has 1 aliphatic rings. The van der Waals surface area contributed by atoms with Gasteiger partial charge in [-0.15, -0.1) is 0 Å². The topological polar surface area (TPSA) is 107 Å². The molecule has 3 N–H and O–H groups in total. The normalized spacial score (nSPS) is 14.5. The molecule has 2 aromatic heterocycles. The van der Waals surface area contributed by atoms with E-state index in [4.69, 9.17) is 5.14 Å². The SMILES string of the molecule is NS(=O)(=O)c1ccc(-n2nc(C(F)(F)F)cc2-c2cc(-c3ccn[nH]3)ccc2C2CC2)cc1. The van der Waals surface area contributed by atoms with Crippen molar-refractivity contribution in [2.45, 2.75) is 29.8 Å². The van der Waals surface area contributed by atoms with Gasteiger partial charge in [0.05, 0.1) is 22.0 Å². The summed E-state index contributed by atoms with van der Waals surface area (Å²) in [6, 6.07) is 13.7. The minimum atomic E-state index is -4.65. The predicted molar refractivity (Wildman–Crippen MR) is 115 cm³/mol. The Morgan fingerprint density at radius 3 is 2.33 bits per heavy atom. The Kier molecular flexibility index (Phi) is 4.91. The van der Waals surface area contributed by atoms with Crippen molar-refractivity contribution in [1.29, 1.82) is 0 Å². The number of aromatic nitrogens is 4. The van der Waals surface area contributed by atoms with Crippen LogP contribution >= 0.6 is 0 Å². The molecule has 2 heterocycles. The van der Waals surface area contributed by atoms with Crippen molar-refractivity contribution >= 4 is 10.0 Å². The third-order valence-corrected chi connectivity index (χ3v) is 6.50. The van der Waals surface area contributed by atoms with E-state index in [0.717, 1.165) is 35.7 Å². The standard InChI is InChI=1S/C22H18F3N5O2S/c23-22(24,25)21-12-20(30(29-21)15-4-6-16(7-5-15)33(26,31)32)18-11-14(19-9-10-27-28-19)3-8-17(18)13-1-2-13/h3-13H,1-2H2,(H,27,28)(H2,26,31,32). The number of halogens is 3. The van der Waals surface area contributed by atoms with Crippen molar-refractivity contribution in [3.8, 4) is 28.2 Å². The number of hydrogen-bond acceptors (Lipinski definition) is 4. The van der Waals surface area contributed by atoms with Gasteiger partial charge in [-0.1, -0.05) is 12.1 Å². The molecule has 5 rings (SSSR count). The number of alkyl halides is 3. The molecule has 11 heteroatoms. The number of sulfonamides is 1. The van der Waals surface area contributed by atoms with E-state index in [-0.39, 0.29) is 22.2 Å². The molecular formula is C22H18F3N5O2S. The molecule has 4 aromatic rings. The van der Waals surface area contributed by atoms with E-state index in [1.165, 1.54) is 28.9 Å². The van der Waals surface area contributed by atoms with E-state index >= 15 is 0 Å². The molecule has 1 saturated carbocycles. The molecule has 0 amide bonds. The van der Waals surface area contributed by atoms with Crippen molar-refractivity contribution in [2.75, 3.05) is 0 Å². The van der Waals surface area contributed by atoms with E-state index < -0.39 is 21.9 Å². The summed E-state index contributed by atoms with van der Waals surface area (Å²) in [6.45, 7) is 0. The van der Waals surface area contributed by atoms with Gasteiger partial charge in [0.15, 0.2) is 5.69 Å². The van der Waals surface area contributed by atoms with Gasteiger partial charge in [0, 0.05) is 17.3 Å². The Bertz CT molecular complexity index is 1420. The van der Waals surface area contributed by atoms with Crippen LogP contribution in [-0.4, -0.2) is 28.4 Å². The van der Waals surface area contributed by atoms with Crippen LogP contribution in [0, 0.1) is 0 Å². The number of rotatable bonds is 5. The minimum Gasteiger partial charge on any atom is -0.278 e. The molecular weight excluding hydrogens is 455 g/mol. The van der Waals surface area contributed by atoms with Crippen molar-refractivity contribution in [3.05, 3.63) is 72.1 Å². The van der Waals surface area contributed by atoms with Crippen LogP contribution in [0.3, 0.4) is 0 Å². The number of benzene rings is 2. The van der Waals surface area contributed by atoms with Gasteiger partial charge in [0.25, 0.3) is 0 Å². The van der Waals surface area contributed by atoms with Crippen molar-refractivity contribution in [2.24, 2.45) is 5.14 Å². The summed E-state index contributed by atoms with van der Waals surface area (Å²) < 4.78 is 65.2. The van der Waals surface area contributed by atoms with Crippen LogP contribution in [0.15, 0.2) is 65.7 Å². The summed E-state index contributed by atoms with van der Waals surface area (Å²) in [7, 11) is -3.94. The second kappa shape index (κ2) is 7.56.